The summed E-state index contributed by atoms with van der Waals surface area (Å²) in [6.07, 6.45) is 0. The number of nitrogens with two attached hydrogens (primary N) is 1. The summed E-state index contributed by atoms with van der Waals surface area (Å²) >= 11 is 12.1. The molecule has 0 fully saturated rings. The van der Waals surface area contributed by atoms with Gasteiger partial charge in [0.05, 0.1) is 4.92 Å². The van der Waals surface area contributed by atoms with Crippen molar-refractivity contribution in [3.8, 4) is 0 Å². The summed E-state index contributed by atoms with van der Waals surface area (Å²) in [7, 11) is 0. The van der Waals surface area contributed by atoms with Crippen molar-refractivity contribution in [2.24, 2.45) is 5.73 Å². The zero-order chi connectivity index (χ0) is 16.3. The summed E-state index contributed by atoms with van der Waals surface area (Å²) in [5.74, 6) is -0.756. The van der Waals surface area contributed by atoms with Crippen LogP contribution in [0.25, 0.3) is 0 Å². The van der Waals surface area contributed by atoms with E-state index in [0.717, 1.165) is 0 Å². The van der Waals surface area contributed by atoms with Gasteiger partial charge in [0.2, 0.25) is 5.91 Å². The fourth-order valence-electron chi connectivity index (χ4n) is 1.98. The molecule has 0 radical (unpaired) electrons. The number of halogens is 2. The lowest BCUT2D eigenvalue weighted by molar-refractivity contribution is -0.384. The molecule has 2 aromatic carbocycles. The van der Waals surface area contributed by atoms with Crippen LogP contribution in [0.15, 0.2) is 42.5 Å². The summed E-state index contributed by atoms with van der Waals surface area (Å²) in [6, 6.07) is 9.54. The molecule has 0 spiro atoms. The van der Waals surface area contributed by atoms with Gasteiger partial charge in [0.25, 0.3) is 5.69 Å². The lowest BCUT2D eigenvalue weighted by Crippen LogP contribution is -2.28. The van der Waals surface area contributed by atoms with Crippen LogP contribution < -0.4 is 11.1 Å². The molecular formula is C14H11Cl2N3O3. The zero-order valence-corrected chi connectivity index (χ0v) is 12.6. The first-order valence-electron chi connectivity index (χ1n) is 6.15. The maximum Gasteiger partial charge on any atom is 0.292 e. The first kappa shape index (κ1) is 16.1. The minimum absolute atomic E-state index is 0.146. The highest BCUT2D eigenvalue weighted by Crippen LogP contribution is 2.34. The molecule has 0 aromatic heterocycles. The molecule has 2 aromatic rings. The Hall–Kier alpha value is -2.31. The first-order chi connectivity index (χ1) is 10.4. The summed E-state index contributed by atoms with van der Waals surface area (Å²) in [4.78, 5) is 22.2. The van der Waals surface area contributed by atoms with Gasteiger partial charge >= 0.3 is 0 Å². The topological polar surface area (TPSA) is 98.3 Å². The van der Waals surface area contributed by atoms with Crippen LogP contribution in [0.3, 0.4) is 0 Å². The van der Waals surface area contributed by atoms with Crippen molar-refractivity contribution in [2.45, 2.75) is 6.04 Å². The van der Waals surface area contributed by atoms with E-state index >= 15 is 0 Å². The van der Waals surface area contributed by atoms with E-state index in [1.54, 1.807) is 24.3 Å². The number of benzene rings is 2. The van der Waals surface area contributed by atoms with Crippen molar-refractivity contribution in [1.29, 1.82) is 0 Å². The Kier molecular flexibility index (Phi) is 4.85. The molecule has 6 nitrogen and oxygen atoms in total. The number of anilines is 1. The van der Waals surface area contributed by atoms with Crippen molar-refractivity contribution in [3.63, 3.8) is 0 Å². The van der Waals surface area contributed by atoms with Crippen molar-refractivity contribution in [2.75, 3.05) is 5.32 Å². The van der Waals surface area contributed by atoms with Gasteiger partial charge in [0, 0.05) is 21.7 Å². The number of nitrogens with one attached hydrogen (secondary N) is 1. The number of para-hydroxylation sites is 2. The molecule has 2 rings (SSSR count). The number of amides is 1. The van der Waals surface area contributed by atoms with Crippen LogP contribution in [0, 0.1) is 10.1 Å². The van der Waals surface area contributed by atoms with Gasteiger partial charge in [0.1, 0.15) is 11.7 Å². The molecule has 22 heavy (non-hydrogen) atoms. The van der Waals surface area contributed by atoms with E-state index in [9.17, 15) is 14.9 Å². The van der Waals surface area contributed by atoms with Gasteiger partial charge < -0.3 is 11.1 Å². The average Bonchev–Trinajstić information content (AvgIpc) is 2.46. The van der Waals surface area contributed by atoms with E-state index in [2.05, 4.69) is 5.32 Å². The Morgan fingerprint density at radius 2 is 1.73 bits per heavy atom. The molecule has 0 heterocycles. The van der Waals surface area contributed by atoms with Gasteiger partial charge in [-0.05, 0) is 18.2 Å². The van der Waals surface area contributed by atoms with E-state index < -0.39 is 16.9 Å². The van der Waals surface area contributed by atoms with Crippen LogP contribution in [0.5, 0.6) is 0 Å². The number of nitrogens with zero attached hydrogens (tertiary/aromatic N) is 1. The van der Waals surface area contributed by atoms with E-state index in [1.807, 2.05) is 0 Å². The van der Waals surface area contributed by atoms with Crippen molar-refractivity contribution in [1.82, 2.24) is 0 Å². The van der Waals surface area contributed by atoms with E-state index in [4.69, 9.17) is 28.9 Å². The molecule has 0 aliphatic rings. The summed E-state index contributed by atoms with van der Waals surface area (Å²) in [6.45, 7) is 0. The Balaban J connectivity index is 2.48. The third-order valence-electron chi connectivity index (χ3n) is 2.97. The second kappa shape index (κ2) is 6.64. The summed E-state index contributed by atoms with van der Waals surface area (Å²) in [5, 5.41) is 14.3. The molecule has 3 N–H and O–H groups in total. The van der Waals surface area contributed by atoms with Gasteiger partial charge in [-0.3, -0.25) is 14.9 Å². The molecule has 0 saturated carbocycles. The van der Waals surface area contributed by atoms with Crippen LogP contribution in [0.4, 0.5) is 11.4 Å². The van der Waals surface area contributed by atoms with Gasteiger partial charge in [0.15, 0.2) is 0 Å². The van der Waals surface area contributed by atoms with Crippen LogP contribution in [0.2, 0.25) is 10.0 Å². The van der Waals surface area contributed by atoms with Gasteiger partial charge in [-0.1, -0.05) is 41.4 Å². The second-order valence-electron chi connectivity index (χ2n) is 4.39. The highest BCUT2D eigenvalue weighted by atomic mass is 35.5. The van der Waals surface area contributed by atoms with Crippen molar-refractivity contribution < 1.29 is 9.72 Å². The highest BCUT2D eigenvalue weighted by Gasteiger charge is 2.25. The third-order valence-corrected chi connectivity index (χ3v) is 3.63. The first-order valence-corrected chi connectivity index (χ1v) is 6.90. The van der Waals surface area contributed by atoms with Gasteiger partial charge in [-0.2, -0.15) is 0 Å². The molecule has 8 heteroatoms. The number of carbonyl (C=O) groups is 1. The average molecular weight is 340 g/mol. The molecule has 1 atom stereocenters. The van der Waals surface area contributed by atoms with Gasteiger partial charge in [-0.15, -0.1) is 0 Å². The molecule has 1 amide bonds. The van der Waals surface area contributed by atoms with E-state index in [0.29, 0.717) is 0 Å². The van der Waals surface area contributed by atoms with E-state index in [1.165, 1.54) is 18.2 Å². The lowest BCUT2D eigenvalue weighted by Gasteiger charge is -2.19. The Morgan fingerprint density at radius 1 is 1.14 bits per heavy atom. The van der Waals surface area contributed by atoms with Crippen LogP contribution in [-0.4, -0.2) is 10.8 Å². The second-order valence-corrected chi connectivity index (χ2v) is 5.20. The van der Waals surface area contributed by atoms with Crippen molar-refractivity contribution >= 4 is 40.5 Å². The maximum atomic E-state index is 11.8. The largest absolute Gasteiger partial charge is 0.368 e. The lowest BCUT2D eigenvalue weighted by atomic mass is 10.1. The van der Waals surface area contributed by atoms with Crippen molar-refractivity contribution in [3.05, 3.63) is 68.2 Å². The third kappa shape index (κ3) is 3.29. The molecule has 0 saturated heterocycles. The maximum absolute atomic E-state index is 11.8. The Bertz CT molecular complexity index is 717. The predicted molar refractivity (Wildman–Crippen MR) is 85.1 cm³/mol. The quantitative estimate of drug-likeness (QED) is 0.642. The number of hydrogen-bond acceptors (Lipinski definition) is 4. The highest BCUT2D eigenvalue weighted by molar-refractivity contribution is 6.36. The fraction of sp³-hybridized carbons (Fsp3) is 0.0714. The molecule has 0 aliphatic carbocycles. The van der Waals surface area contributed by atoms with Crippen LogP contribution in [-0.2, 0) is 4.79 Å². The number of primary amides is 1. The zero-order valence-electron chi connectivity index (χ0n) is 11.1. The predicted octanol–water partition coefficient (Wildman–Crippen LogP) is 3.54. The number of carbonyl (C=O) groups excluding carboxylic acids is 1. The standard InChI is InChI=1S/C14H11Cl2N3O3/c15-8-4-3-5-9(16)12(8)13(14(17)20)18-10-6-1-2-7-11(10)19(21)22/h1-7,13,18H,(H2,17,20)/t13-/m1/s1. The molecule has 0 unspecified atom stereocenters. The van der Waals surface area contributed by atoms with Crippen LogP contribution >= 0.6 is 23.2 Å². The number of nitro benzene ring substituents is 1. The van der Waals surface area contributed by atoms with Gasteiger partial charge in [-0.25, -0.2) is 0 Å². The Labute approximate surface area is 136 Å². The molecular weight excluding hydrogens is 329 g/mol. The summed E-state index contributed by atoms with van der Waals surface area (Å²) < 4.78 is 0. The monoisotopic (exact) mass is 339 g/mol. The summed E-state index contributed by atoms with van der Waals surface area (Å²) in [5.41, 5.74) is 5.63. The Morgan fingerprint density at radius 3 is 2.27 bits per heavy atom. The van der Waals surface area contributed by atoms with E-state index in [-0.39, 0.29) is 27.0 Å². The minimum atomic E-state index is -1.10. The number of nitro groups is 1. The molecule has 0 aliphatic heterocycles. The SMILES string of the molecule is NC(=O)[C@H](Nc1ccccc1[N+](=O)[O-])c1c(Cl)cccc1Cl. The minimum Gasteiger partial charge on any atom is -0.368 e. The smallest absolute Gasteiger partial charge is 0.292 e. The van der Waals surface area contributed by atoms with Crippen LogP contribution in [0.1, 0.15) is 11.6 Å². The molecule has 114 valence electrons. The number of rotatable bonds is 5. The molecule has 0 bridgehead atoms. The number of hydrogen-bond donors (Lipinski definition) is 2. The fourth-order valence-corrected chi connectivity index (χ4v) is 2.60. The normalized spacial score (nSPS) is 11.7.